The molecule has 1 aromatic carbocycles. The summed E-state index contributed by atoms with van der Waals surface area (Å²) in [6, 6.07) is 5.69. The van der Waals surface area contributed by atoms with E-state index in [0.717, 1.165) is 31.1 Å². The Hall–Kier alpha value is -1.28. The van der Waals surface area contributed by atoms with Crippen LogP contribution in [0, 0.1) is 41.9 Å². The van der Waals surface area contributed by atoms with Crippen molar-refractivity contribution in [1.82, 2.24) is 0 Å². The fourth-order valence-electron chi connectivity index (χ4n) is 7.25. The first-order chi connectivity index (χ1) is 14.7. The number of phenolic OH excluding ortho intramolecular Hbond substituents is 1. The van der Waals surface area contributed by atoms with E-state index in [1.807, 2.05) is 12.1 Å². The number of allylic oxidation sites excluding steroid dienone is 2. The Labute approximate surface area is 191 Å². The van der Waals surface area contributed by atoms with Gasteiger partial charge in [-0.1, -0.05) is 45.4 Å². The topological polar surface area (TPSA) is 40.5 Å². The summed E-state index contributed by atoms with van der Waals surface area (Å²) in [6.07, 6.45) is 11.4. The molecule has 0 heterocycles. The first-order valence-electron chi connectivity index (χ1n) is 12.8. The van der Waals surface area contributed by atoms with Gasteiger partial charge in [-0.15, -0.1) is 0 Å². The highest BCUT2D eigenvalue weighted by Crippen LogP contribution is 2.60. The minimum Gasteiger partial charge on any atom is -0.508 e. The van der Waals surface area contributed by atoms with Crippen molar-refractivity contribution >= 4 is 0 Å². The average Bonchev–Trinajstić information content (AvgIpc) is 3.07. The molecule has 0 radical (unpaired) electrons. The molecule has 0 aromatic heterocycles. The van der Waals surface area contributed by atoms with Gasteiger partial charge >= 0.3 is 0 Å². The molecule has 2 N–H and O–H groups in total. The molecular weight excluding hydrogens is 380 g/mol. The normalized spacial score (nSPS) is 32.3. The smallest absolute Gasteiger partial charge is 0.115 e. The summed E-state index contributed by atoms with van der Waals surface area (Å²) in [5.41, 5.74) is 4.44. The molecule has 174 valence electrons. The molecule has 3 rings (SSSR count). The number of fused-ring (bicyclic) bond motifs is 1. The fraction of sp³-hybridized carbons (Fsp3) is 0.724. The molecule has 2 aliphatic rings. The van der Waals surface area contributed by atoms with Crippen molar-refractivity contribution in [1.29, 1.82) is 0 Å². The van der Waals surface area contributed by atoms with Crippen LogP contribution in [0.4, 0.5) is 0 Å². The van der Waals surface area contributed by atoms with E-state index in [1.165, 1.54) is 43.2 Å². The molecular formula is C29H46O2. The molecule has 2 saturated carbocycles. The summed E-state index contributed by atoms with van der Waals surface area (Å²) in [4.78, 5) is 0. The lowest BCUT2D eigenvalue weighted by Crippen LogP contribution is -2.45. The number of aromatic hydroxyl groups is 1. The zero-order chi connectivity index (χ0) is 22.8. The zero-order valence-corrected chi connectivity index (χ0v) is 20.8. The van der Waals surface area contributed by atoms with E-state index < -0.39 is 0 Å². The maximum absolute atomic E-state index is 11.0. The van der Waals surface area contributed by atoms with Crippen LogP contribution in [-0.4, -0.2) is 16.3 Å². The molecule has 0 saturated heterocycles. The highest BCUT2D eigenvalue weighted by Gasteiger charge is 2.54. The number of aryl methyl sites for hydroxylation is 2. The average molecular weight is 427 g/mol. The Bertz CT molecular complexity index is 764. The third kappa shape index (κ3) is 5.21. The maximum Gasteiger partial charge on any atom is 0.115 e. The van der Waals surface area contributed by atoms with Crippen molar-refractivity contribution in [3.8, 4) is 5.75 Å². The molecule has 2 nitrogen and oxygen atoms in total. The van der Waals surface area contributed by atoms with Gasteiger partial charge in [0.2, 0.25) is 0 Å². The van der Waals surface area contributed by atoms with Crippen LogP contribution in [0.3, 0.4) is 0 Å². The van der Waals surface area contributed by atoms with Gasteiger partial charge < -0.3 is 10.2 Å². The highest BCUT2D eigenvalue weighted by molar-refractivity contribution is 5.34. The maximum atomic E-state index is 11.0. The molecule has 31 heavy (non-hydrogen) atoms. The van der Waals surface area contributed by atoms with Crippen molar-refractivity contribution in [3.63, 3.8) is 0 Å². The predicted molar refractivity (Wildman–Crippen MR) is 131 cm³/mol. The summed E-state index contributed by atoms with van der Waals surface area (Å²) in [5, 5.41) is 20.9. The Kier molecular flexibility index (Phi) is 7.95. The van der Waals surface area contributed by atoms with Crippen molar-refractivity contribution < 1.29 is 10.2 Å². The second-order valence-electron chi connectivity index (χ2n) is 11.2. The first kappa shape index (κ1) is 24.4. The van der Waals surface area contributed by atoms with Crippen molar-refractivity contribution in [2.24, 2.45) is 35.0 Å². The molecule has 2 aliphatic carbocycles. The third-order valence-electron chi connectivity index (χ3n) is 9.24. The van der Waals surface area contributed by atoms with Gasteiger partial charge in [0.25, 0.3) is 0 Å². The summed E-state index contributed by atoms with van der Waals surface area (Å²) in [5.74, 6) is 3.55. The predicted octanol–water partition coefficient (Wildman–Crippen LogP) is 7.46. The Balaban J connectivity index is 1.68. The SMILES string of the molecule is C/C=C(/CC[C@@H](C)[C@H]1CC[C@H]2[C@H](CCc3cc(O)ccc3C)[C@H](O)CC[C@]12C)C(C)C. The summed E-state index contributed by atoms with van der Waals surface area (Å²) < 4.78 is 0. The first-order valence-corrected chi connectivity index (χ1v) is 12.8. The van der Waals surface area contributed by atoms with Gasteiger partial charge in [0.1, 0.15) is 5.75 Å². The van der Waals surface area contributed by atoms with Crippen molar-refractivity contribution in [2.75, 3.05) is 0 Å². The molecule has 0 bridgehead atoms. The highest BCUT2D eigenvalue weighted by atomic mass is 16.3. The molecule has 2 heteroatoms. The largest absolute Gasteiger partial charge is 0.508 e. The van der Waals surface area contributed by atoms with Crippen molar-refractivity contribution in [3.05, 3.63) is 41.0 Å². The molecule has 1 aromatic rings. The van der Waals surface area contributed by atoms with Crippen LogP contribution in [0.25, 0.3) is 0 Å². The minimum absolute atomic E-state index is 0.166. The standard InChI is InChI=1S/C29H46O2/c1-7-22(19(2)3)10-8-21(5)26-14-15-27-25(28(31)16-17-29(26,27)6)13-11-23-18-24(30)12-9-20(23)4/h7,9,12,18-19,21,25-28,30-31H,8,10-11,13-17H2,1-6H3/b22-7-/t21-,25+,26-,27+,28-,29-/m1/s1. The number of phenols is 1. The monoisotopic (exact) mass is 426 g/mol. The molecule has 6 atom stereocenters. The molecule has 0 spiro atoms. The minimum atomic E-state index is -0.166. The molecule has 2 fully saturated rings. The Morgan fingerprint density at radius 2 is 1.94 bits per heavy atom. The third-order valence-corrected chi connectivity index (χ3v) is 9.24. The lowest BCUT2D eigenvalue weighted by atomic mass is 9.57. The second-order valence-corrected chi connectivity index (χ2v) is 11.2. The van der Waals surface area contributed by atoms with Crippen LogP contribution < -0.4 is 0 Å². The van der Waals surface area contributed by atoms with Gasteiger partial charge in [0.05, 0.1) is 6.10 Å². The number of rotatable bonds is 8. The van der Waals surface area contributed by atoms with E-state index in [1.54, 1.807) is 11.6 Å². The van der Waals surface area contributed by atoms with Crippen LogP contribution >= 0.6 is 0 Å². The van der Waals surface area contributed by atoms with Gasteiger partial charge in [-0.05, 0) is 123 Å². The van der Waals surface area contributed by atoms with Gasteiger partial charge in [-0.25, -0.2) is 0 Å². The van der Waals surface area contributed by atoms with Gasteiger partial charge in [-0.3, -0.25) is 0 Å². The van der Waals surface area contributed by atoms with Gasteiger partial charge in [0.15, 0.2) is 0 Å². The second kappa shape index (κ2) is 10.1. The summed E-state index contributed by atoms with van der Waals surface area (Å²) in [7, 11) is 0. The Morgan fingerprint density at radius 1 is 1.19 bits per heavy atom. The number of hydrogen-bond acceptors (Lipinski definition) is 2. The van der Waals surface area contributed by atoms with Crippen molar-refractivity contribution in [2.45, 2.75) is 99.0 Å². The quantitative estimate of drug-likeness (QED) is 0.424. The van der Waals surface area contributed by atoms with E-state index in [-0.39, 0.29) is 6.10 Å². The van der Waals surface area contributed by atoms with Crippen LogP contribution in [0.15, 0.2) is 29.8 Å². The van der Waals surface area contributed by atoms with E-state index in [0.29, 0.717) is 28.9 Å². The van der Waals surface area contributed by atoms with Gasteiger partial charge in [-0.2, -0.15) is 0 Å². The Morgan fingerprint density at radius 3 is 2.61 bits per heavy atom. The fourth-order valence-corrected chi connectivity index (χ4v) is 7.25. The summed E-state index contributed by atoms with van der Waals surface area (Å²) in [6.45, 7) is 14.0. The van der Waals surface area contributed by atoms with Crippen LogP contribution in [0.1, 0.15) is 90.7 Å². The van der Waals surface area contributed by atoms with Crippen LogP contribution in [0.5, 0.6) is 5.75 Å². The summed E-state index contributed by atoms with van der Waals surface area (Å²) >= 11 is 0. The molecule has 0 amide bonds. The van der Waals surface area contributed by atoms with Gasteiger partial charge in [0, 0.05) is 0 Å². The van der Waals surface area contributed by atoms with Crippen LogP contribution in [-0.2, 0) is 6.42 Å². The van der Waals surface area contributed by atoms with E-state index in [4.69, 9.17) is 0 Å². The lowest BCUT2D eigenvalue weighted by Gasteiger charge is -2.49. The number of aliphatic hydroxyl groups is 1. The number of benzene rings is 1. The number of hydrogen-bond donors (Lipinski definition) is 2. The molecule has 0 aliphatic heterocycles. The van der Waals surface area contributed by atoms with Crippen LogP contribution in [0.2, 0.25) is 0 Å². The number of aliphatic hydroxyl groups excluding tert-OH is 1. The molecule has 0 unspecified atom stereocenters. The zero-order valence-electron chi connectivity index (χ0n) is 20.8. The lowest BCUT2D eigenvalue weighted by molar-refractivity contribution is -0.0527. The van der Waals surface area contributed by atoms with E-state index in [9.17, 15) is 10.2 Å². The van der Waals surface area contributed by atoms with E-state index >= 15 is 0 Å². The van der Waals surface area contributed by atoms with E-state index in [2.05, 4.69) is 47.6 Å².